The molecule has 3 amide bonds. The topological polar surface area (TPSA) is 120 Å². The third-order valence-corrected chi connectivity index (χ3v) is 5.37. The normalized spacial score (nSPS) is 16.7. The van der Waals surface area contributed by atoms with Crippen LogP contribution in [-0.2, 0) is 6.54 Å². The zero-order valence-corrected chi connectivity index (χ0v) is 16.7. The highest BCUT2D eigenvalue weighted by Crippen LogP contribution is 2.44. The smallest absolute Gasteiger partial charge is 0.315 e. The van der Waals surface area contributed by atoms with E-state index in [9.17, 15) is 9.59 Å². The molecule has 8 heteroatoms. The van der Waals surface area contributed by atoms with E-state index < -0.39 is 18.0 Å². The van der Waals surface area contributed by atoms with Crippen molar-refractivity contribution in [3.63, 3.8) is 0 Å². The molecule has 0 radical (unpaired) electrons. The van der Waals surface area contributed by atoms with Gasteiger partial charge >= 0.3 is 6.03 Å². The predicted octanol–water partition coefficient (Wildman–Crippen LogP) is 2.68. The van der Waals surface area contributed by atoms with Gasteiger partial charge in [0.25, 0.3) is 5.91 Å². The summed E-state index contributed by atoms with van der Waals surface area (Å²) in [4.78, 5) is 30.8. The number of amides is 3. The van der Waals surface area contributed by atoms with Gasteiger partial charge in [-0.25, -0.2) is 4.79 Å². The van der Waals surface area contributed by atoms with Crippen molar-refractivity contribution in [3.05, 3.63) is 47.8 Å². The van der Waals surface area contributed by atoms with Crippen molar-refractivity contribution in [1.82, 2.24) is 19.7 Å². The molecule has 1 unspecified atom stereocenters. The summed E-state index contributed by atoms with van der Waals surface area (Å²) in [6.07, 6.45) is 1.72. The first-order valence-electron chi connectivity index (χ1n) is 9.51. The zero-order chi connectivity index (χ0) is 20.9. The largest absolute Gasteiger partial charge is 0.365 e. The molecule has 0 bridgehead atoms. The Kier molecular flexibility index (Phi) is 4.29. The van der Waals surface area contributed by atoms with Crippen LogP contribution in [0.15, 0.2) is 36.5 Å². The number of pyridine rings is 1. The molecule has 0 saturated heterocycles. The van der Waals surface area contributed by atoms with Gasteiger partial charge in [0, 0.05) is 23.7 Å². The van der Waals surface area contributed by atoms with Crippen LogP contribution >= 0.6 is 0 Å². The van der Waals surface area contributed by atoms with Gasteiger partial charge in [-0.05, 0) is 17.5 Å². The summed E-state index contributed by atoms with van der Waals surface area (Å²) in [6.45, 7) is 6.86. The molecule has 3 aromatic rings. The minimum absolute atomic E-state index is 0.326. The SMILES string of the molecule is CC(C)(C)C1c2c(C(N)=O)c(-c3cccc4ncccc34)nn2CCN1C(N)=O. The highest BCUT2D eigenvalue weighted by Gasteiger charge is 2.43. The summed E-state index contributed by atoms with van der Waals surface area (Å²) < 4.78 is 1.79. The maximum atomic E-state index is 12.6. The van der Waals surface area contributed by atoms with Crippen molar-refractivity contribution in [2.75, 3.05) is 6.54 Å². The fourth-order valence-corrected chi connectivity index (χ4v) is 4.26. The van der Waals surface area contributed by atoms with Crippen molar-refractivity contribution in [1.29, 1.82) is 0 Å². The van der Waals surface area contributed by atoms with E-state index in [-0.39, 0.29) is 5.41 Å². The van der Waals surface area contributed by atoms with E-state index in [1.54, 1.807) is 15.8 Å². The van der Waals surface area contributed by atoms with Gasteiger partial charge in [0.15, 0.2) is 0 Å². The molecule has 0 fully saturated rings. The molecule has 2 aromatic heterocycles. The van der Waals surface area contributed by atoms with Gasteiger partial charge in [-0.3, -0.25) is 14.5 Å². The quantitative estimate of drug-likeness (QED) is 0.696. The fourth-order valence-electron chi connectivity index (χ4n) is 4.26. The summed E-state index contributed by atoms with van der Waals surface area (Å²) >= 11 is 0. The highest BCUT2D eigenvalue weighted by molar-refractivity contribution is 6.04. The molecule has 1 atom stereocenters. The number of nitrogens with zero attached hydrogens (tertiary/aromatic N) is 4. The van der Waals surface area contributed by atoms with E-state index >= 15 is 0 Å². The molecular formula is C21H24N6O2. The molecule has 0 saturated carbocycles. The highest BCUT2D eigenvalue weighted by atomic mass is 16.2. The summed E-state index contributed by atoms with van der Waals surface area (Å²) in [5, 5.41) is 5.64. The minimum atomic E-state index is -0.581. The van der Waals surface area contributed by atoms with E-state index in [2.05, 4.69) is 4.98 Å². The zero-order valence-electron chi connectivity index (χ0n) is 16.7. The second-order valence-electron chi connectivity index (χ2n) is 8.37. The minimum Gasteiger partial charge on any atom is -0.365 e. The molecule has 3 heterocycles. The van der Waals surface area contributed by atoms with Gasteiger partial charge < -0.3 is 16.4 Å². The Balaban J connectivity index is 2.03. The predicted molar refractivity (Wildman–Crippen MR) is 110 cm³/mol. The Morgan fingerprint density at radius 2 is 1.86 bits per heavy atom. The average molecular weight is 392 g/mol. The molecule has 1 aliphatic rings. The Labute approximate surface area is 168 Å². The molecule has 1 aromatic carbocycles. The molecule has 29 heavy (non-hydrogen) atoms. The molecular weight excluding hydrogens is 368 g/mol. The molecule has 0 aliphatic carbocycles. The molecule has 0 spiro atoms. The Morgan fingerprint density at radius 1 is 1.10 bits per heavy atom. The first-order chi connectivity index (χ1) is 13.7. The monoisotopic (exact) mass is 392 g/mol. The van der Waals surface area contributed by atoms with Crippen LogP contribution in [0.2, 0.25) is 0 Å². The van der Waals surface area contributed by atoms with Gasteiger partial charge in [0.05, 0.1) is 29.4 Å². The van der Waals surface area contributed by atoms with Crippen molar-refractivity contribution in [2.24, 2.45) is 16.9 Å². The molecule has 1 aliphatic heterocycles. The number of aromatic nitrogens is 3. The number of nitrogens with two attached hydrogens (primary N) is 2. The van der Waals surface area contributed by atoms with Crippen molar-refractivity contribution >= 4 is 22.8 Å². The summed E-state index contributed by atoms with van der Waals surface area (Å²) in [5.74, 6) is -0.581. The van der Waals surface area contributed by atoms with Gasteiger partial charge in [-0.15, -0.1) is 0 Å². The lowest BCUT2D eigenvalue weighted by molar-refractivity contribution is 0.0899. The third-order valence-electron chi connectivity index (χ3n) is 5.37. The van der Waals surface area contributed by atoms with E-state index in [0.29, 0.717) is 30.0 Å². The molecule has 150 valence electrons. The Hall–Kier alpha value is -3.42. The average Bonchev–Trinajstić information content (AvgIpc) is 3.05. The van der Waals surface area contributed by atoms with Crippen LogP contribution in [-0.4, -0.2) is 38.1 Å². The number of primary amides is 2. The van der Waals surface area contributed by atoms with Crippen LogP contribution in [0, 0.1) is 5.41 Å². The maximum absolute atomic E-state index is 12.6. The van der Waals surface area contributed by atoms with E-state index in [0.717, 1.165) is 16.5 Å². The Bertz CT molecular complexity index is 1120. The second kappa shape index (κ2) is 6.58. The van der Waals surface area contributed by atoms with Crippen LogP contribution in [0.5, 0.6) is 0 Å². The maximum Gasteiger partial charge on any atom is 0.315 e. The summed E-state index contributed by atoms with van der Waals surface area (Å²) in [7, 11) is 0. The van der Waals surface area contributed by atoms with Crippen LogP contribution < -0.4 is 11.5 Å². The van der Waals surface area contributed by atoms with Crippen molar-refractivity contribution in [3.8, 4) is 11.3 Å². The number of rotatable bonds is 2. The molecule has 4 rings (SSSR count). The lowest BCUT2D eigenvalue weighted by atomic mass is 9.81. The van der Waals surface area contributed by atoms with Crippen LogP contribution in [0.3, 0.4) is 0 Å². The first kappa shape index (κ1) is 18.9. The lowest BCUT2D eigenvalue weighted by Gasteiger charge is -2.42. The summed E-state index contributed by atoms with van der Waals surface area (Å²) in [5.41, 5.74) is 14.2. The molecule has 4 N–H and O–H groups in total. The molecule has 8 nitrogen and oxygen atoms in total. The van der Waals surface area contributed by atoms with Crippen molar-refractivity contribution < 1.29 is 9.59 Å². The van der Waals surface area contributed by atoms with Gasteiger partial charge in [-0.1, -0.05) is 39.0 Å². The number of carbonyl (C=O) groups excluding carboxylic acids is 2. The third kappa shape index (κ3) is 3.00. The van der Waals surface area contributed by atoms with Gasteiger partial charge in [-0.2, -0.15) is 5.10 Å². The summed E-state index contributed by atoms with van der Waals surface area (Å²) in [6, 6.07) is 8.53. The van der Waals surface area contributed by atoms with Gasteiger partial charge in [0.2, 0.25) is 0 Å². The number of urea groups is 1. The number of carbonyl (C=O) groups is 2. The van der Waals surface area contributed by atoms with Crippen molar-refractivity contribution in [2.45, 2.75) is 33.4 Å². The Morgan fingerprint density at radius 3 is 2.52 bits per heavy atom. The first-order valence-corrected chi connectivity index (χ1v) is 9.51. The number of fused-ring (bicyclic) bond motifs is 2. The van der Waals surface area contributed by atoms with E-state index in [1.807, 2.05) is 51.1 Å². The number of hydrogen-bond acceptors (Lipinski definition) is 4. The lowest BCUT2D eigenvalue weighted by Crippen LogP contribution is -2.49. The number of benzene rings is 1. The van der Waals surface area contributed by atoms with E-state index in [1.165, 1.54) is 0 Å². The van der Waals surface area contributed by atoms with Crippen LogP contribution in [0.1, 0.15) is 42.9 Å². The van der Waals surface area contributed by atoms with Gasteiger partial charge in [0.1, 0.15) is 5.69 Å². The van der Waals surface area contributed by atoms with Crippen LogP contribution in [0.4, 0.5) is 4.79 Å². The van der Waals surface area contributed by atoms with E-state index in [4.69, 9.17) is 16.6 Å². The van der Waals surface area contributed by atoms with Crippen LogP contribution in [0.25, 0.3) is 22.2 Å². The number of hydrogen-bond donors (Lipinski definition) is 2. The fraction of sp³-hybridized carbons (Fsp3) is 0.333. The standard InChI is InChI=1S/C21H24N6O2/c1-21(2,3)18-17-15(19(22)28)16(25-27(17)11-10-26(18)20(23)29)13-6-4-8-14-12(13)7-5-9-24-14/h4-9,18H,10-11H2,1-3H3,(H2,22,28)(H2,23,29). The second-order valence-corrected chi connectivity index (χ2v) is 8.37.